The molecule has 2 unspecified atom stereocenters. The van der Waals surface area contributed by atoms with E-state index in [0.717, 1.165) is 18.5 Å². The topological polar surface area (TPSA) is 12.0 Å². The van der Waals surface area contributed by atoms with Gasteiger partial charge in [-0.05, 0) is 71.6 Å². The van der Waals surface area contributed by atoms with E-state index in [1.807, 2.05) is 6.07 Å². The van der Waals surface area contributed by atoms with Gasteiger partial charge in [0.1, 0.15) is 5.82 Å². The molecule has 0 aromatic heterocycles. The fourth-order valence-corrected chi connectivity index (χ4v) is 3.55. The zero-order chi connectivity index (χ0) is 13.9. The number of hydrogen-bond acceptors (Lipinski definition) is 1. The molecular formula is C16H23BrFN. The van der Waals surface area contributed by atoms with Crippen LogP contribution in [0.4, 0.5) is 4.39 Å². The second kappa shape index (κ2) is 6.36. The van der Waals surface area contributed by atoms with Crippen molar-refractivity contribution in [1.29, 1.82) is 0 Å². The average molecular weight is 328 g/mol. The molecule has 106 valence electrons. The van der Waals surface area contributed by atoms with Crippen LogP contribution < -0.4 is 5.32 Å². The number of benzene rings is 1. The van der Waals surface area contributed by atoms with Crippen LogP contribution in [0.25, 0.3) is 0 Å². The maximum atomic E-state index is 13.6. The fourth-order valence-electron chi connectivity index (χ4n) is 3.15. The van der Waals surface area contributed by atoms with Gasteiger partial charge in [-0.25, -0.2) is 4.39 Å². The SMILES string of the molecule is CCCNC1CCC(C)(Cc2cccc(F)c2Br)C1. The first-order chi connectivity index (χ1) is 9.04. The summed E-state index contributed by atoms with van der Waals surface area (Å²) in [5, 5.41) is 3.61. The van der Waals surface area contributed by atoms with E-state index in [9.17, 15) is 4.39 Å². The Morgan fingerprint density at radius 1 is 1.47 bits per heavy atom. The van der Waals surface area contributed by atoms with Gasteiger partial charge >= 0.3 is 0 Å². The molecule has 0 radical (unpaired) electrons. The highest BCUT2D eigenvalue weighted by atomic mass is 79.9. The van der Waals surface area contributed by atoms with Gasteiger partial charge in [0.15, 0.2) is 0 Å². The van der Waals surface area contributed by atoms with Gasteiger partial charge < -0.3 is 5.32 Å². The van der Waals surface area contributed by atoms with Crippen molar-refractivity contribution < 1.29 is 4.39 Å². The summed E-state index contributed by atoms with van der Waals surface area (Å²) in [6, 6.07) is 5.99. The summed E-state index contributed by atoms with van der Waals surface area (Å²) in [4.78, 5) is 0. The van der Waals surface area contributed by atoms with Gasteiger partial charge in [0, 0.05) is 6.04 Å². The molecule has 1 aromatic carbocycles. The minimum Gasteiger partial charge on any atom is -0.314 e. The highest BCUT2D eigenvalue weighted by molar-refractivity contribution is 9.10. The van der Waals surface area contributed by atoms with Crippen LogP contribution in [0.3, 0.4) is 0 Å². The third-order valence-corrected chi connectivity index (χ3v) is 5.06. The van der Waals surface area contributed by atoms with Gasteiger partial charge in [0.25, 0.3) is 0 Å². The Bertz CT molecular complexity index is 435. The highest BCUT2D eigenvalue weighted by Crippen LogP contribution is 2.42. The number of rotatable bonds is 5. The van der Waals surface area contributed by atoms with E-state index in [-0.39, 0.29) is 5.82 Å². The van der Waals surface area contributed by atoms with E-state index in [1.165, 1.54) is 31.7 Å². The molecule has 1 saturated carbocycles. The Labute approximate surface area is 124 Å². The Kier molecular flexibility index (Phi) is 5.02. The molecule has 2 atom stereocenters. The first-order valence-electron chi connectivity index (χ1n) is 7.20. The Morgan fingerprint density at radius 2 is 2.26 bits per heavy atom. The van der Waals surface area contributed by atoms with Crippen LogP contribution in [-0.4, -0.2) is 12.6 Å². The van der Waals surface area contributed by atoms with E-state index in [2.05, 4.69) is 35.1 Å². The van der Waals surface area contributed by atoms with Crippen molar-refractivity contribution in [3.05, 3.63) is 34.1 Å². The summed E-state index contributed by atoms with van der Waals surface area (Å²) >= 11 is 3.38. The van der Waals surface area contributed by atoms with Crippen LogP contribution in [0.5, 0.6) is 0 Å². The Balaban J connectivity index is 2.01. The van der Waals surface area contributed by atoms with Crippen molar-refractivity contribution in [3.63, 3.8) is 0 Å². The number of nitrogens with one attached hydrogen (secondary N) is 1. The van der Waals surface area contributed by atoms with E-state index in [4.69, 9.17) is 0 Å². The summed E-state index contributed by atoms with van der Waals surface area (Å²) in [6.45, 7) is 5.63. The molecule has 0 bridgehead atoms. The van der Waals surface area contributed by atoms with Crippen molar-refractivity contribution in [2.24, 2.45) is 5.41 Å². The second-order valence-electron chi connectivity index (χ2n) is 6.09. The molecule has 19 heavy (non-hydrogen) atoms. The minimum atomic E-state index is -0.153. The smallest absolute Gasteiger partial charge is 0.137 e. The van der Waals surface area contributed by atoms with Crippen LogP contribution >= 0.6 is 15.9 Å². The second-order valence-corrected chi connectivity index (χ2v) is 6.89. The lowest BCUT2D eigenvalue weighted by atomic mass is 9.82. The van der Waals surface area contributed by atoms with E-state index in [0.29, 0.717) is 15.9 Å². The monoisotopic (exact) mass is 327 g/mol. The normalized spacial score (nSPS) is 26.8. The van der Waals surface area contributed by atoms with Crippen LogP contribution in [0, 0.1) is 11.2 Å². The maximum Gasteiger partial charge on any atom is 0.137 e. The molecule has 0 spiro atoms. The third kappa shape index (κ3) is 3.79. The van der Waals surface area contributed by atoms with Crippen LogP contribution in [-0.2, 0) is 6.42 Å². The lowest BCUT2D eigenvalue weighted by molar-refractivity contribution is 0.321. The zero-order valence-corrected chi connectivity index (χ0v) is 13.4. The van der Waals surface area contributed by atoms with Crippen LogP contribution in [0.15, 0.2) is 22.7 Å². The molecule has 1 N–H and O–H groups in total. The van der Waals surface area contributed by atoms with Crippen molar-refractivity contribution in [3.8, 4) is 0 Å². The summed E-state index contributed by atoms with van der Waals surface area (Å²) in [6.07, 6.45) is 5.79. The molecule has 1 nitrogen and oxygen atoms in total. The van der Waals surface area contributed by atoms with Gasteiger partial charge in [-0.1, -0.05) is 26.0 Å². The van der Waals surface area contributed by atoms with Crippen molar-refractivity contribution >= 4 is 15.9 Å². The van der Waals surface area contributed by atoms with Crippen molar-refractivity contribution in [2.75, 3.05) is 6.54 Å². The Morgan fingerprint density at radius 3 is 3.00 bits per heavy atom. The van der Waals surface area contributed by atoms with Gasteiger partial charge in [0.05, 0.1) is 4.47 Å². The van der Waals surface area contributed by atoms with Gasteiger partial charge in [-0.2, -0.15) is 0 Å². The van der Waals surface area contributed by atoms with E-state index >= 15 is 0 Å². The first-order valence-corrected chi connectivity index (χ1v) is 8.00. The molecule has 1 aromatic rings. The quantitative estimate of drug-likeness (QED) is 0.827. The van der Waals surface area contributed by atoms with Crippen molar-refractivity contribution in [1.82, 2.24) is 5.32 Å². The highest BCUT2D eigenvalue weighted by Gasteiger charge is 2.35. The summed E-state index contributed by atoms with van der Waals surface area (Å²) in [5.74, 6) is -0.153. The standard InChI is InChI=1S/C16H23BrFN/c1-3-9-19-13-7-8-16(2,11-13)10-12-5-4-6-14(18)15(12)17/h4-6,13,19H,3,7-11H2,1-2H3. The lowest BCUT2D eigenvalue weighted by Crippen LogP contribution is -2.29. The molecule has 3 heteroatoms. The lowest BCUT2D eigenvalue weighted by Gasteiger charge is -2.25. The van der Waals surface area contributed by atoms with Gasteiger partial charge in [-0.3, -0.25) is 0 Å². The Hall–Kier alpha value is -0.410. The predicted octanol–water partition coefficient (Wildman–Crippen LogP) is 4.69. The first kappa shape index (κ1) is 15.0. The summed E-state index contributed by atoms with van der Waals surface area (Å²) in [5.41, 5.74) is 1.39. The van der Waals surface area contributed by atoms with Gasteiger partial charge in [-0.15, -0.1) is 0 Å². The number of hydrogen-bond donors (Lipinski definition) is 1. The maximum absolute atomic E-state index is 13.6. The van der Waals surface area contributed by atoms with E-state index < -0.39 is 0 Å². The molecule has 0 saturated heterocycles. The molecule has 0 aliphatic heterocycles. The minimum absolute atomic E-state index is 0.153. The van der Waals surface area contributed by atoms with Gasteiger partial charge in [0.2, 0.25) is 0 Å². The largest absolute Gasteiger partial charge is 0.314 e. The fraction of sp³-hybridized carbons (Fsp3) is 0.625. The molecular weight excluding hydrogens is 305 g/mol. The predicted molar refractivity (Wildman–Crippen MR) is 81.8 cm³/mol. The molecule has 2 rings (SSSR count). The molecule has 0 amide bonds. The van der Waals surface area contributed by atoms with E-state index in [1.54, 1.807) is 6.07 Å². The number of halogens is 2. The van der Waals surface area contributed by atoms with Crippen LogP contribution in [0.1, 0.15) is 45.1 Å². The molecule has 1 fully saturated rings. The summed E-state index contributed by atoms with van der Waals surface area (Å²) in [7, 11) is 0. The molecule has 1 aliphatic carbocycles. The molecule has 1 aliphatic rings. The molecule has 0 heterocycles. The third-order valence-electron chi connectivity index (χ3n) is 4.17. The average Bonchev–Trinajstić information content (AvgIpc) is 2.74. The zero-order valence-electron chi connectivity index (χ0n) is 11.8. The van der Waals surface area contributed by atoms with Crippen molar-refractivity contribution in [2.45, 2.75) is 52.0 Å². The van der Waals surface area contributed by atoms with Crippen LogP contribution in [0.2, 0.25) is 0 Å². The summed E-state index contributed by atoms with van der Waals surface area (Å²) < 4.78 is 14.2.